The van der Waals surface area contributed by atoms with Crippen LogP contribution in [0.25, 0.3) is 0 Å². The quantitative estimate of drug-likeness (QED) is 0.895. The molecule has 2 rings (SSSR count). The number of benzene rings is 2. The lowest BCUT2D eigenvalue weighted by molar-refractivity contribution is -0.137. The van der Waals surface area contributed by atoms with E-state index in [1.165, 1.54) is 0 Å². The summed E-state index contributed by atoms with van der Waals surface area (Å²) in [6, 6.07) is 11.1. The molecular formula is C15H12F3NO3. The van der Waals surface area contributed by atoms with Crippen molar-refractivity contribution in [3.63, 3.8) is 0 Å². The second-order valence-electron chi connectivity index (χ2n) is 4.45. The largest absolute Gasteiger partial charge is 0.508 e. The van der Waals surface area contributed by atoms with Gasteiger partial charge in [0.25, 0.3) is 0 Å². The first-order chi connectivity index (χ1) is 10.3. The van der Waals surface area contributed by atoms with Crippen molar-refractivity contribution in [1.82, 2.24) is 0 Å². The summed E-state index contributed by atoms with van der Waals surface area (Å²) in [5.41, 5.74) is -0.527. The first-order valence-electron chi connectivity index (χ1n) is 6.23. The highest BCUT2D eigenvalue weighted by Crippen LogP contribution is 2.33. The number of carbonyl (C=O) groups is 1. The number of phenols is 1. The molecule has 2 aromatic rings. The molecule has 0 saturated carbocycles. The number of halogens is 3. The molecule has 4 nitrogen and oxygen atoms in total. The molecule has 0 aliphatic carbocycles. The number of aromatic hydroxyl groups is 1. The third-order valence-corrected chi connectivity index (χ3v) is 2.70. The lowest BCUT2D eigenvalue weighted by atomic mass is 10.2. The van der Waals surface area contributed by atoms with Crippen LogP contribution in [0.15, 0.2) is 48.5 Å². The van der Waals surface area contributed by atoms with Crippen LogP contribution in [-0.2, 0) is 17.5 Å². The first kappa shape index (κ1) is 15.7. The average Bonchev–Trinajstić information content (AvgIpc) is 2.45. The average molecular weight is 311 g/mol. The van der Waals surface area contributed by atoms with Crippen LogP contribution in [0, 0.1) is 0 Å². The smallest absolute Gasteiger partial charge is 0.416 e. The van der Waals surface area contributed by atoms with Gasteiger partial charge in [0, 0.05) is 11.8 Å². The molecule has 22 heavy (non-hydrogen) atoms. The van der Waals surface area contributed by atoms with Crippen molar-refractivity contribution >= 4 is 11.8 Å². The van der Waals surface area contributed by atoms with Gasteiger partial charge in [0.1, 0.15) is 12.4 Å². The molecule has 0 saturated heterocycles. The summed E-state index contributed by atoms with van der Waals surface area (Å²) in [7, 11) is 0. The van der Waals surface area contributed by atoms with Crippen molar-refractivity contribution in [1.29, 1.82) is 0 Å². The number of alkyl halides is 3. The first-order valence-corrected chi connectivity index (χ1v) is 6.23. The number of amides is 1. The Bertz CT molecular complexity index is 657. The van der Waals surface area contributed by atoms with Crippen molar-refractivity contribution in [2.45, 2.75) is 12.8 Å². The Morgan fingerprint density at radius 2 is 1.82 bits per heavy atom. The van der Waals surface area contributed by atoms with Gasteiger partial charge in [-0.15, -0.1) is 0 Å². The van der Waals surface area contributed by atoms with Crippen LogP contribution in [0.5, 0.6) is 5.75 Å². The van der Waals surface area contributed by atoms with E-state index >= 15 is 0 Å². The topological polar surface area (TPSA) is 58.6 Å². The lowest BCUT2D eigenvalue weighted by Crippen LogP contribution is -2.14. The van der Waals surface area contributed by atoms with Gasteiger partial charge in [0.15, 0.2) is 0 Å². The van der Waals surface area contributed by atoms with E-state index in [1.807, 2.05) is 0 Å². The highest BCUT2D eigenvalue weighted by Gasteiger charge is 2.31. The lowest BCUT2D eigenvalue weighted by Gasteiger charge is -2.11. The monoisotopic (exact) mass is 311 g/mol. The molecule has 0 radical (unpaired) electrons. The van der Waals surface area contributed by atoms with Crippen LogP contribution >= 0.6 is 0 Å². The maximum Gasteiger partial charge on any atom is 0.416 e. The summed E-state index contributed by atoms with van der Waals surface area (Å²) in [6.45, 7) is -0.0163. The number of rotatable bonds is 3. The molecule has 0 unspecified atom stereocenters. The molecule has 0 fully saturated rings. The standard InChI is InChI=1S/C15H12F3NO3/c16-15(17,18)11-6-12(8-13(20)7-11)19-14(21)22-9-10-4-2-1-3-5-10/h1-8,20H,9H2,(H,19,21). The van der Waals surface area contributed by atoms with Gasteiger partial charge < -0.3 is 9.84 Å². The van der Waals surface area contributed by atoms with E-state index in [1.54, 1.807) is 30.3 Å². The minimum Gasteiger partial charge on any atom is -0.508 e. The third kappa shape index (κ3) is 4.41. The molecular weight excluding hydrogens is 299 g/mol. The molecule has 0 spiro atoms. The van der Waals surface area contributed by atoms with Gasteiger partial charge in [-0.05, 0) is 17.7 Å². The van der Waals surface area contributed by atoms with Crippen LogP contribution in [0.3, 0.4) is 0 Å². The van der Waals surface area contributed by atoms with E-state index in [4.69, 9.17) is 4.74 Å². The summed E-state index contributed by atoms with van der Waals surface area (Å²) in [5.74, 6) is -0.604. The van der Waals surface area contributed by atoms with Crippen LogP contribution in [0.1, 0.15) is 11.1 Å². The maximum absolute atomic E-state index is 12.6. The van der Waals surface area contributed by atoms with Crippen molar-refractivity contribution in [3.8, 4) is 5.75 Å². The second kappa shape index (κ2) is 6.38. The van der Waals surface area contributed by atoms with E-state index < -0.39 is 23.6 Å². The van der Waals surface area contributed by atoms with E-state index in [2.05, 4.69) is 5.32 Å². The Kier molecular flexibility index (Phi) is 4.55. The van der Waals surface area contributed by atoms with Gasteiger partial charge in [-0.3, -0.25) is 5.32 Å². The molecule has 2 N–H and O–H groups in total. The van der Waals surface area contributed by atoms with Crippen molar-refractivity contribution in [2.24, 2.45) is 0 Å². The van der Waals surface area contributed by atoms with Crippen LogP contribution in [0.4, 0.5) is 23.7 Å². The van der Waals surface area contributed by atoms with E-state index in [-0.39, 0.29) is 12.3 Å². The molecule has 0 aliphatic rings. The number of ether oxygens (including phenoxy) is 1. The molecule has 116 valence electrons. The highest BCUT2D eigenvalue weighted by molar-refractivity contribution is 5.85. The molecule has 0 bridgehead atoms. The fourth-order valence-corrected chi connectivity index (χ4v) is 1.72. The number of anilines is 1. The fourth-order valence-electron chi connectivity index (χ4n) is 1.72. The molecule has 0 atom stereocenters. The second-order valence-corrected chi connectivity index (χ2v) is 4.45. The summed E-state index contributed by atoms with van der Waals surface area (Å²) >= 11 is 0. The normalized spacial score (nSPS) is 11.0. The van der Waals surface area contributed by atoms with Gasteiger partial charge >= 0.3 is 12.3 Å². The number of carbonyl (C=O) groups excluding carboxylic acids is 1. The minimum atomic E-state index is -4.62. The molecule has 1 amide bonds. The Morgan fingerprint density at radius 1 is 1.14 bits per heavy atom. The van der Waals surface area contributed by atoms with E-state index in [0.29, 0.717) is 12.1 Å². The zero-order chi connectivity index (χ0) is 16.2. The van der Waals surface area contributed by atoms with Gasteiger partial charge in [0.2, 0.25) is 0 Å². The highest BCUT2D eigenvalue weighted by atomic mass is 19.4. The maximum atomic E-state index is 12.6. The fraction of sp³-hybridized carbons (Fsp3) is 0.133. The van der Waals surface area contributed by atoms with E-state index in [0.717, 1.165) is 11.6 Å². The summed E-state index contributed by atoms with van der Waals surface area (Å²) in [4.78, 5) is 11.6. The Balaban J connectivity index is 2.01. The molecule has 7 heteroatoms. The zero-order valence-electron chi connectivity index (χ0n) is 11.2. The minimum absolute atomic E-state index is 0.0163. The van der Waals surface area contributed by atoms with Crippen LogP contribution < -0.4 is 5.32 Å². The predicted octanol–water partition coefficient (Wildman–Crippen LogP) is 4.16. The van der Waals surface area contributed by atoms with Crippen molar-refractivity contribution in [2.75, 3.05) is 5.32 Å². The summed E-state index contributed by atoms with van der Waals surface area (Å²) < 4.78 is 42.7. The van der Waals surface area contributed by atoms with E-state index in [9.17, 15) is 23.1 Å². The Labute approximate surface area is 124 Å². The Morgan fingerprint density at radius 3 is 2.45 bits per heavy atom. The van der Waals surface area contributed by atoms with Gasteiger partial charge in [-0.1, -0.05) is 30.3 Å². The number of phenolic OH excluding ortho intramolecular Hbond substituents is 1. The predicted molar refractivity (Wildman–Crippen MR) is 73.4 cm³/mol. The van der Waals surface area contributed by atoms with Gasteiger partial charge in [-0.2, -0.15) is 13.2 Å². The van der Waals surface area contributed by atoms with Gasteiger partial charge in [-0.25, -0.2) is 4.79 Å². The summed E-state index contributed by atoms with van der Waals surface area (Å²) in [5, 5.41) is 11.4. The molecule has 0 heterocycles. The SMILES string of the molecule is O=C(Nc1cc(O)cc(C(F)(F)F)c1)OCc1ccccc1. The van der Waals surface area contributed by atoms with Crippen molar-refractivity contribution < 1.29 is 27.8 Å². The third-order valence-electron chi connectivity index (χ3n) is 2.70. The van der Waals surface area contributed by atoms with Gasteiger partial charge in [0.05, 0.1) is 5.56 Å². The van der Waals surface area contributed by atoms with Crippen molar-refractivity contribution in [3.05, 3.63) is 59.7 Å². The number of nitrogens with one attached hydrogen (secondary N) is 1. The molecule has 2 aromatic carbocycles. The zero-order valence-corrected chi connectivity index (χ0v) is 11.2. The van der Waals surface area contributed by atoms with Crippen LogP contribution in [0.2, 0.25) is 0 Å². The molecule has 0 aliphatic heterocycles. The van der Waals surface area contributed by atoms with Crippen LogP contribution in [-0.4, -0.2) is 11.2 Å². The number of hydrogen-bond acceptors (Lipinski definition) is 3. The summed E-state index contributed by atoms with van der Waals surface area (Å²) in [6.07, 6.45) is -5.54. The molecule has 0 aromatic heterocycles. The number of hydrogen-bond donors (Lipinski definition) is 2. The Hall–Kier alpha value is -2.70.